The van der Waals surface area contributed by atoms with Gasteiger partial charge in [-0.1, -0.05) is 0 Å². The first kappa shape index (κ1) is 16.4. The number of fused-ring (bicyclic) bond motifs is 1. The number of hydrogen-bond donors (Lipinski definition) is 1. The molecule has 7 heteroatoms. The average molecular weight is 359 g/mol. The van der Waals surface area contributed by atoms with Crippen molar-refractivity contribution in [3.05, 3.63) is 44.9 Å². The molecule has 1 saturated heterocycles. The number of rotatable bonds is 3. The topological polar surface area (TPSA) is 77.6 Å². The number of carbonyl (C=O) groups is 2. The zero-order valence-electron chi connectivity index (χ0n) is 14.2. The molecule has 2 aromatic rings. The zero-order chi connectivity index (χ0) is 17.6. The second-order valence-electron chi connectivity index (χ2n) is 6.61. The second kappa shape index (κ2) is 6.31. The molecule has 6 nitrogen and oxygen atoms in total. The van der Waals surface area contributed by atoms with Crippen molar-refractivity contribution in [2.75, 3.05) is 13.2 Å². The van der Waals surface area contributed by atoms with Crippen LogP contribution in [0.3, 0.4) is 0 Å². The molecule has 1 atom stereocenters. The minimum Gasteiger partial charge on any atom is -0.373 e. The molecular formula is C18H21N3O3S. The molecule has 132 valence electrons. The lowest BCUT2D eigenvalue weighted by atomic mass is 10.1. The SMILES string of the molecule is Cn1c(C(N)=O)cc2c1CN(C(=O)c1ccc(C3CCCO3)s1)CC2. The zero-order valence-corrected chi connectivity index (χ0v) is 15.0. The maximum Gasteiger partial charge on any atom is 0.265 e. The molecule has 25 heavy (non-hydrogen) atoms. The van der Waals surface area contributed by atoms with E-state index in [-0.39, 0.29) is 12.0 Å². The van der Waals surface area contributed by atoms with Crippen LogP contribution in [0.15, 0.2) is 18.2 Å². The molecule has 2 amide bonds. The van der Waals surface area contributed by atoms with Crippen molar-refractivity contribution in [3.8, 4) is 0 Å². The summed E-state index contributed by atoms with van der Waals surface area (Å²) in [5.41, 5.74) is 8.01. The van der Waals surface area contributed by atoms with Crippen LogP contribution in [0.2, 0.25) is 0 Å². The minimum absolute atomic E-state index is 0.0433. The van der Waals surface area contributed by atoms with E-state index in [0.717, 1.165) is 46.9 Å². The van der Waals surface area contributed by atoms with Gasteiger partial charge in [0.1, 0.15) is 5.69 Å². The molecule has 2 aromatic heterocycles. The Kier molecular flexibility index (Phi) is 4.13. The predicted molar refractivity (Wildman–Crippen MR) is 94.6 cm³/mol. The van der Waals surface area contributed by atoms with Gasteiger partial charge in [0.25, 0.3) is 11.8 Å². The Hall–Kier alpha value is -2.12. The van der Waals surface area contributed by atoms with Gasteiger partial charge in [-0.25, -0.2) is 0 Å². The predicted octanol–water partition coefficient (Wildman–Crippen LogP) is 2.24. The minimum atomic E-state index is -0.436. The van der Waals surface area contributed by atoms with Crippen LogP contribution in [-0.4, -0.2) is 34.4 Å². The highest BCUT2D eigenvalue weighted by atomic mass is 32.1. The average Bonchev–Trinajstić information content (AvgIpc) is 3.33. The third kappa shape index (κ3) is 2.87. The van der Waals surface area contributed by atoms with Crippen LogP contribution in [0.1, 0.15) is 55.2 Å². The summed E-state index contributed by atoms with van der Waals surface area (Å²) < 4.78 is 7.51. The molecule has 0 saturated carbocycles. The maximum atomic E-state index is 12.9. The molecule has 4 rings (SSSR count). The highest BCUT2D eigenvalue weighted by molar-refractivity contribution is 7.14. The summed E-state index contributed by atoms with van der Waals surface area (Å²) in [5.74, 6) is -0.393. The van der Waals surface area contributed by atoms with E-state index in [1.54, 1.807) is 0 Å². The molecule has 0 aromatic carbocycles. The monoisotopic (exact) mass is 359 g/mol. The molecule has 0 spiro atoms. The molecule has 2 aliphatic heterocycles. The second-order valence-corrected chi connectivity index (χ2v) is 7.72. The summed E-state index contributed by atoms with van der Waals surface area (Å²) in [6.45, 7) is 1.96. The molecule has 1 unspecified atom stereocenters. The highest BCUT2D eigenvalue weighted by Crippen LogP contribution is 2.34. The lowest BCUT2D eigenvalue weighted by Crippen LogP contribution is -2.36. The van der Waals surface area contributed by atoms with Crippen LogP contribution in [-0.2, 0) is 24.8 Å². The Morgan fingerprint density at radius 3 is 2.92 bits per heavy atom. The standard InChI is InChI=1S/C18H21N3O3S/c1-20-12(17(19)22)9-11-6-7-21(10-13(11)20)18(23)16-5-4-15(25-16)14-3-2-8-24-14/h4-5,9,14H,2-3,6-8,10H2,1H3,(H2,19,22). The van der Waals surface area contributed by atoms with Crippen LogP contribution in [0.25, 0.3) is 0 Å². The first-order chi connectivity index (χ1) is 12.0. The van der Waals surface area contributed by atoms with Crippen molar-refractivity contribution in [1.82, 2.24) is 9.47 Å². The van der Waals surface area contributed by atoms with E-state index in [1.807, 2.05) is 34.7 Å². The molecule has 0 aliphatic carbocycles. The van der Waals surface area contributed by atoms with Gasteiger partial charge in [-0.2, -0.15) is 0 Å². The molecule has 4 heterocycles. The lowest BCUT2D eigenvalue weighted by molar-refractivity contribution is 0.0735. The third-order valence-electron chi connectivity index (χ3n) is 5.06. The smallest absolute Gasteiger partial charge is 0.265 e. The van der Waals surface area contributed by atoms with Gasteiger partial charge in [0.15, 0.2) is 0 Å². The number of thiophene rings is 1. The van der Waals surface area contributed by atoms with E-state index in [1.165, 1.54) is 11.3 Å². The van der Waals surface area contributed by atoms with Crippen molar-refractivity contribution >= 4 is 23.2 Å². The summed E-state index contributed by atoms with van der Waals surface area (Å²) in [5, 5.41) is 0. The first-order valence-electron chi connectivity index (χ1n) is 8.52. The van der Waals surface area contributed by atoms with Gasteiger partial charge in [-0.05, 0) is 43.0 Å². The number of nitrogens with zero attached hydrogens (tertiary/aromatic N) is 2. The van der Waals surface area contributed by atoms with Crippen molar-refractivity contribution in [2.45, 2.75) is 31.9 Å². The molecular weight excluding hydrogens is 338 g/mol. The third-order valence-corrected chi connectivity index (χ3v) is 6.23. The fourth-order valence-corrected chi connectivity index (χ4v) is 4.71. The van der Waals surface area contributed by atoms with Gasteiger partial charge in [0.2, 0.25) is 0 Å². The summed E-state index contributed by atoms with van der Waals surface area (Å²) in [6.07, 6.45) is 2.99. The lowest BCUT2D eigenvalue weighted by Gasteiger charge is -2.27. The van der Waals surface area contributed by atoms with E-state index in [0.29, 0.717) is 18.8 Å². The number of nitrogens with two attached hydrogens (primary N) is 1. The van der Waals surface area contributed by atoms with E-state index < -0.39 is 5.91 Å². The Labute approximate surface area is 150 Å². The van der Waals surface area contributed by atoms with Gasteiger partial charge in [-0.15, -0.1) is 11.3 Å². The van der Waals surface area contributed by atoms with E-state index >= 15 is 0 Å². The molecule has 1 fully saturated rings. The summed E-state index contributed by atoms with van der Waals surface area (Å²) in [7, 11) is 1.83. The number of amides is 2. The van der Waals surface area contributed by atoms with Gasteiger partial charge in [0.05, 0.1) is 17.5 Å². The summed E-state index contributed by atoms with van der Waals surface area (Å²) >= 11 is 1.53. The number of ether oxygens (including phenoxy) is 1. The Balaban J connectivity index is 1.53. The number of primary amides is 1. The fourth-order valence-electron chi connectivity index (χ4n) is 3.65. The van der Waals surface area contributed by atoms with E-state index in [4.69, 9.17) is 10.5 Å². The van der Waals surface area contributed by atoms with Gasteiger partial charge < -0.3 is 19.9 Å². The molecule has 0 radical (unpaired) electrons. The number of aromatic nitrogens is 1. The number of carbonyl (C=O) groups excluding carboxylic acids is 2. The largest absolute Gasteiger partial charge is 0.373 e. The Morgan fingerprint density at radius 2 is 2.20 bits per heavy atom. The summed E-state index contributed by atoms with van der Waals surface area (Å²) in [6, 6.07) is 5.76. The Morgan fingerprint density at radius 1 is 1.36 bits per heavy atom. The van der Waals surface area contributed by atoms with Crippen LogP contribution in [0.5, 0.6) is 0 Å². The molecule has 2 N–H and O–H groups in total. The van der Waals surface area contributed by atoms with Crippen LogP contribution < -0.4 is 5.73 Å². The summed E-state index contributed by atoms with van der Waals surface area (Å²) in [4.78, 5) is 28.1. The molecule has 0 bridgehead atoms. The van der Waals surface area contributed by atoms with E-state index in [9.17, 15) is 9.59 Å². The quantitative estimate of drug-likeness (QED) is 0.913. The van der Waals surface area contributed by atoms with Crippen LogP contribution in [0, 0.1) is 0 Å². The van der Waals surface area contributed by atoms with Crippen LogP contribution >= 0.6 is 11.3 Å². The molecule has 2 aliphatic rings. The Bertz CT molecular complexity index is 833. The van der Waals surface area contributed by atoms with Gasteiger partial charge in [0, 0.05) is 30.8 Å². The van der Waals surface area contributed by atoms with Gasteiger partial charge in [-0.3, -0.25) is 9.59 Å². The fraction of sp³-hybridized carbons (Fsp3) is 0.444. The van der Waals surface area contributed by atoms with Crippen LogP contribution in [0.4, 0.5) is 0 Å². The van der Waals surface area contributed by atoms with Gasteiger partial charge >= 0.3 is 0 Å². The van der Waals surface area contributed by atoms with Crippen molar-refractivity contribution < 1.29 is 14.3 Å². The normalized spacial score (nSPS) is 19.9. The number of hydrogen-bond acceptors (Lipinski definition) is 4. The highest BCUT2D eigenvalue weighted by Gasteiger charge is 2.28. The van der Waals surface area contributed by atoms with Crippen molar-refractivity contribution in [2.24, 2.45) is 12.8 Å². The maximum absolute atomic E-state index is 12.9. The first-order valence-corrected chi connectivity index (χ1v) is 9.34. The van der Waals surface area contributed by atoms with E-state index in [2.05, 4.69) is 0 Å². The van der Waals surface area contributed by atoms with Crippen molar-refractivity contribution in [3.63, 3.8) is 0 Å². The van der Waals surface area contributed by atoms with Crippen molar-refractivity contribution in [1.29, 1.82) is 0 Å².